The second-order valence-electron chi connectivity index (χ2n) is 5.75. The van der Waals surface area contributed by atoms with Crippen molar-refractivity contribution in [3.05, 3.63) is 70.0 Å². The lowest BCUT2D eigenvalue weighted by Gasteiger charge is -2.07. The van der Waals surface area contributed by atoms with Crippen LogP contribution in [-0.4, -0.2) is 18.0 Å². The Labute approximate surface area is 147 Å². The molecule has 0 saturated heterocycles. The monoisotopic (exact) mass is 358 g/mol. The van der Waals surface area contributed by atoms with Crippen molar-refractivity contribution in [3.8, 4) is 5.75 Å². The Morgan fingerprint density at radius 3 is 2.69 bits per heavy atom. The number of hydrogen-bond donors (Lipinski definition) is 2. The number of methoxy groups -OCH3 is 1. The van der Waals surface area contributed by atoms with Crippen molar-refractivity contribution in [3.63, 3.8) is 0 Å². The number of carbonyl (C=O) groups excluding carboxylic acids is 1. The van der Waals surface area contributed by atoms with E-state index in [-0.39, 0.29) is 24.1 Å². The molecule has 0 spiro atoms. The molecule has 0 aliphatic heterocycles. The van der Waals surface area contributed by atoms with E-state index in [2.05, 4.69) is 10.3 Å². The maximum atomic E-state index is 13.6. The molecule has 0 aliphatic rings. The summed E-state index contributed by atoms with van der Waals surface area (Å²) in [5.74, 6) is -1.41. The number of aromatic nitrogens is 1. The molecule has 0 fully saturated rings. The number of pyridine rings is 1. The van der Waals surface area contributed by atoms with E-state index in [0.29, 0.717) is 22.9 Å². The van der Waals surface area contributed by atoms with Crippen LogP contribution in [0.3, 0.4) is 0 Å². The van der Waals surface area contributed by atoms with Crippen LogP contribution in [0.2, 0.25) is 0 Å². The van der Waals surface area contributed by atoms with Crippen molar-refractivity contribution < 1.29 is 18.3 Å². The van der Waals surface area contributed by atoms with Crippen molar-refractivity contribution in [1.29, 1.82) is 0 Å². The molecule has 0 bridgehead atoms. The highest BCUT2D eigenvalue weighted by Crippen LogP contribution is 2.19. The van der Waals surface area contributed by atoms with Crippen LogP contribution in [0, 0.1) is 11.6 Å². The van der Waals surface area contributed by atoms with Crippen LogP contribution in [0.4, 0.5) is 14.5 Å². The van der Waals surface area contributed by atoms with Crippen LogP contribution in [0.1, 0.15) is 12.0 Å². The summed E-state index contributed by atoms with van der Waals surface area (Å²) < 4.78 is 31.5. The topological polar surface area (TPSA) is 71.2 Å². The Balaban J connectivity index is 1.71. The second-order valence-corrected chi connectivity index (χ2v) is 5.75. The van der Waals surface area contributed by atoms with Crippen LogP contribution in [0.15, 0.2) is 47.3 Å². The molecule has 1 aromatic heterocycles. The van der Waals surface area contributed by atoms with Crippen molar-refractivity contribution in [1.82, 2.24) is 4.98 Å². The minimum atomic E-state index is -0.851. The number of nitrogens with one attached hydrogen (secondary N) is 2. The molecular formula is C19H16F2N2O3. The van der Waals surface area contributed by atoms with Gasteiger partial charge in [0.1, 0.15) is 17.4 Å². The summed E-state index contributed by atoms with van der Waals surface area (Å²) in [6, 6.07) is 9.90. The van der Waals surface area contributed by atoms with Gasteiger partial charge in [0.2, 0.25) is 5.91 Å². The summed E-state index contributed by atoms with van der Waals surface area (Å²) in [5.41, 5.74) is 0.677. The van der Waals surface area contributed by atoms with Crippen molar-refractivity contribution in [2.75, 3.05) is 12.4 Å². The van der Waals surface area contributed by atoms with Gasteiger partial charge in [-0.15, -0.1) is 0 Å². The SMILES string of the molecule is COc1ccc2cc(CCC(=O)Nc3ccc(F)cc3F)c(=O)[nH]c2c1. The fourth-order valence-electron chi connectivity index (χ4n) is 2.59. The van der Waals surface area contributed by atoms with Crippen LogP contribution in [0.25, 0.3) is 10.9 Å². The number of H-pyrrole nitrogens is 1. The number of anilines is 1. The van der Waals surface area contributed by atoms with Gasteiger partial charge in [-0.3, -0.25) is 9.59 Å². The van der Waals surface area contributed by atoms with E-state index in [1.165, 1.54) is 7.11 Å². The van der Waals surface area contributed by atoms with Crippen LogP contribution in [0.5, 0.6) is 5.75 Å². The van der Waals surface area contributed by atoms with Gasteiger partial charge in [0.25, 0.3) is 5.56 Å². The summed E-state index contributed by atoms with van der Waals surface area (Å²) in [7, 11) is 1.54. The number of ether oxygens (including phenoxy) is 1. The Hall–Kier alpha value is -3.22. The molecule has 1 heterocycles. The lowest BCUT2D eigenvalue weighted by molar-refractivity contribution is -0.116. The molecule has 1 amide bonds. The molecule has 7 heteroatoms. The molecule has 26 heavy (non-hydrogen) atoms. The quantitative estimate of drug-likeness (QED) is 0.734. The molecule has 0 saturated carbocycles. The average molecular weight is 358 g/mol. The fraction of sp³-hybridized carbons (Fsp3) is 0.158. The van der Waals surface area contributed by atoms with Gasteiger partial charge in [-0.05, 0) is 42.1 Å². The normalized spacial score (nSPS) is 10.7. The van der Waals surface area contributed by atoms with Crippen molar-refractivity contribution in [2.45, 2.75) is 12.8 Å². The van der Waals surface area contributed by atoms with E-state index in [9.17, 15) is 18.4 Å². The minimum absolute atomic E-state index is 0.0123. The maximum Gasteiger partial charge on any atom is 0.251 e. The summed E-state index contributed by atoms with van der Waals surface area (Å²) in [5, 5.41) is 3.18. The van der Waals surface area contributed by atoms with E-state index in [1.807, 2.05) is 6.07 Å². The number of aromatic amines is 1. The van der Waals surface area contributed by atoms with Gasteiger partial charge in [0.15, 0.2) is 0 Å². The zero-order chi connectivity index (χ0) is 18.7. The van der Waals surface area contributed by atoms with E-state index in [4.69, 9.17) is 4.74 Å². The molecule has 3 aromatic rings. The molecule has 2 N–H and O–H groups in total. The molecule has 0 aliphatic carbocycles. The van der Waals surface area contributed by atoms with Gasteiger partial charge < -0.3 is 15.0 Å². The Bertz CT molecular complexity index is 1030. The number of fused-ring (bicyclic) bond motifs is 1. The number of halogens is 2. The first-order valence-corrected chi connectivity index (χ1v) is 7.91. The molecule has 0 radical (unpaired) electrons. The minimum Gasteiger partial charge on any atom is -0.497 e. The predicted molar refractivity (Wildman–Crippen MR) is 94.4 cm³/mol. The van der Waals surface area contributed by atoms with Gasteiger partial charge in [-0.25, -0.2) is 8.78 Å². The largest absolute Gasteiger partial charge is 0.497 e. The van der Waals surface area contributed by atoms with E-state index in [1.54, 1.807) is 18.2 Å². The molecule has 0 unspecified atom stereocenters. The van der Waals surface area contributed by atoms with Gasteiger partial charge in [0.05, 0.1) is 18.3 Å². The maximum absolute atomic E-state index is 13.6. The van der Waals surface area contributed by atoms with E-state index in [0.717, 1.165) is 17.5 Å². The number of rotatable bonds is 5. The van der Waals surface area contributed by atoms with Crippen LogP contribution >= 0.6 is 0 Å². The molecule has 3 rings (SSSR count). The summed E-state index contributed by atoms with van der Waals surface area (Å²) in [6.45, 7) is 0. The summed E-state index contributed by atoms with van der Waals surface area (Å²) in [6.07, 6.45) is 0.174. The Morgan fingerprint density at radius 1 is 1.15 bits per heavy atom. The van der Waals surface area contributed by atoms with Crippen LogP contribution in [-0.2, 0) is 11.2 Å². The Morgan fingerprint density at radius 2 is 1.96 bits per heavy atom. The second kappa shape index (κ2) is 7.35. The van der Waals surface area contributed by atoms with Gasteiger partial charge in [-0.2, -0.15) is 0 Å². The zero-order valence-electron chi connectivity index (χ0n) is 13.9. The predicted octanol–water partition coefficient (Wildman–Crippen LogP) is 3.39. The highest BCUT2D eigenvalue weighted by atomic mass is 19.1. The third kappa shape index (κ3) is 3.88. The average Bonchev–Trinajstić information content (AvgIpc) is 2.61. The smallest absolute Gasteiger partial charge is 0.251 e. The van der Waals surface area contributed by atoms with E-state index >= 15 is 0 Å². The molecular weight excluding hydrogens is 342 g/mol. The molecule has 2 aromatic carbocycles. The number of amides is 1. The van der Waals surface area contributed by atoms with Gasteiger partial charge in [-0.1, -0.05) is 0 Å². The first-order valence-electron chi connectivity index (χ1n) is 7.91. The third-order valence-electron chi connectivity index (χ3n) is 3.96. The fourth-order valence-corrected chi connectivity index (χ4v) is 2.59. The number of carbonyl (C=O) groups is 1. The number of hydrogen-bond acceptors (Lipinski definition) is 3. The van der Waals surface area contributed by atoms with Crippen molar-refractivity contribution in [2.24, 2.45) is 0 Å². The van der Waals surface area contributed by atoms with E-state index < -0.39 is 17.5 Å². The number of aryl methyl sites for hydroxylation is 1. The lowest BCUT2D eigenvalue weighted by atomic mass is 10.1. The number of benzene rings is 2. The van der Waals surface area contributed by atoms with Gasteiger partial charge in [0, 0.05) is 24.1 Å². The molecule has 5 nitrogen and oxygen atoms in total. The zero-order valence-corrected chi connectivity index (χ0v) is 13.9. The molecule has 134 valence electrons. The summed E-state index contributed by atoms with van der Waals surface area (Å²) in [4.78, 5) is 26.9. The van der Waals surface area contributed by atoms with Crippen molar-refractivity contribution >= 4 is 22.5 Å². The first-order chi connectivity index (χ1) is 12.5. The Kier molecular flexibility index (Phi) is 4.97. The molecule has 0 atom stereocenters. The highest BCUT2D eigenvalue weighted by molar-refractivity contribution is 5.91. The highest BCUT2D eigenvalue weighted by Gasteiger charge is 2.10. The third-order valence-corrected chi connectivity index (χ3v) is 3.96. The lowest BCUT2D eigenvalue weighted by Crippen LogP contribution is -2.17. The summed E-state index contributed by atoms with van der Waals surface area (Å²) >= 11 is 0. The van der Waals surface area contributed by atoms with Gasteiger partial charge >= 0.3 is 0 Å². The standard InChI is InChI=1S/C19H16F2N2O3/c1-26-14-5-2-11-8-12(19(25)23-17(11)10-14)3-7-18(24)22-16-6-4-13(20)9-15(16)21/h2,4-6,8-10H,3,7H2,1H3,(H,22,24)(H,23,25). The van der Waals surface area contributed by atoms with Crippen LogP contribution < -0.4 is 15.6 Å². The first kappa shape index (κ1) is 17.6.